The first-order chi connectivity index (χ1) is 7.33. The summed E-state index contributed by atoms with van der Waals surface area (Å²) in [5.41, 5.74) is 7.71. The Kier molecular flexibility index (Phi) is 4.02. The van der Waals surface area contributed by atoms with E-state index in [4.69, 9.17) is 5.73 Å². The molecule has 0 fully saturated rings. The normalized spacial score (nSPS) is 9.50. The van der Waals surface area contributed by atoms with Gasteiger partial charge < -0.3 is 10.5 Å². The van der Waals surface area contributed by atoms with Crippen molar-refractivity contribution in [1.82, 2.24) is 14.8 Å². The van der Waals surface area contributed by atoms with E-state index in [0.29, 0.717) is 11.4 Å². The SMILES string of the molecule is Cl.Nc1cnn(-c2cccnc2)c1CC=O. The molecular formula is C10H11ClN4O. The molecule has 0 aliphatic carbocycles. The zero-order chi connectivity index (χ0) is 10.7. The van der Waals surface area contributed by atoms with Crippen LogP contribution in [0.3, 0.4) is 0 Å². The van der Waals surface area contributed by atoms with Gasteiger partial charge in [0.05, 0.1) is 29.5 Å². The molecule has 2 N–H and O–H groups in total. The maximum Gasteiger partial charge on any atom is 0.126 e. The van der Waals surface area contributed by atoms with Gasteiger partial charge in [0.25, 0.3) is 0 Å². The van der Waals surface area contributed by atoms with Crippen molar-refractivity contribution >= 4 is 24.4 Å². The smallest absolute Gasteiger partial charge is 0.126 e. The van der Waals surface area contributed by atoms with Gasteiger partial charge >= 0.3 is 0 Å². The van der Waals surface area contributed by atoms with Gasteiger partial charge in [-0.1, -0.05) is 0 Å². The first kappa shape index (κ1) is 12.2. The quantitative estimate of drug-likeness (QED) is 0.810. The Bertz CT molecular complexity index is 469. The molecule has 16 heavy (non-hydrogen) atoms. The van der Waals surface area contributed by atoms with E-state index in [2.05, 4.69) is 10.1 Å². The molecule has 0 saturated carbocycles. The Morgan fingerprint density at radius 3 is 2.88 bits per heavy atom. The molecule has 2 aromatic heterocycles. The second-order valence-electron chi connectivity index (χ2n) is 3.04. The number of hydrogen-bond acceptors (Lipinski definition) is 4. The van der Waals surface area contributed by atoms with E-state index in [-0.39, 0.29) is 18.8 Å². The molecule has 0 radical (unpaired) electrons. The third-order valence-corrected chi connectivity index (χ3v) is 2.07. The highest BCUT2D eigenvalue weighted by Crippen LogP contribution is 2.15. The van der Waals surface area contributed by atoms with Gasteiger partial charge in [0.1, 0.15) is 6.29 Å². The van der Waals surface area contributed by atoms with Gasteiger partial charge in [-0.2, -0.15) is 5.10 Å². The van der Waals surface area contributed by atoms with Gasteiger partial charge in [-0.3, -0.25) is 4.98 Å². The largest absolute Gasteiger partial charge is 0.396 e. The molecular weight excluding hydrogens is 228 g/mol. The average molecular weight is 239 g/mol. The lowest BCUT2D eigenvalue weighted by molar-refractivity contribution is -0.107. The number of hydrogen-bond donors (Lipinski definition) is 1. The Balaban J connectivity index is 0.00000128. The topological polar surface area (TPSA) is 73.8 Å². The monoisotopic (exact) mass is 238 g/mol. The van der Waals surface area contributed by atoms with Gasteiger partial charge in [-0.05, 0) is 12.1 Å². The maximum atomic E-state index is 10.5. The minimum absolute atomic E-state index is 0. The summed E-state index contributed by atoms with van der Waals surface area (Å²) in [6.45, 7) is 0. The van der Waals surface area contributed by atoms with Crippen LogP contribution in [0.15, 0.2) is 30.7 Å². The van der Waals surface area contributed by atoms with Crippen molar-refractivity contribution < 1.29 is 4.79 Å². The third kappa shape index (κ3) is 2.20. The van der Waals surface area contributed by atoms with E-state index in [1.54, 1.807) is 23.1 Å². The van der Waals surface area contributed by atoms with E-state index in [9.17, 15) is 4.79 Å². The number of carbonyl (C=O) groups excluding carboxylic acids is 1. The summed E-state index contributed by atoms with van der Waals surface area (Å²) in [5.74, 6) is 0. The highest BCUT2D eigenvalue weighted by atomic mass is 35.5. The molecule has 0 bridgehead atoms. The zero-order valence-corrected chi connectivity index (χ0v) is 9.22. The Morgan fingerprint density at radius 2 is 2.25 bits per heavy atom. The van der Waals surface area contributed by atoms with Crippen LogP contribution in [0.1, 0.15) is 5.69 Å². The number of pyridine rings is 1. The Hall–Kier alpha value is -1.88. The van der Waals surface area contributed by atoms with Crippen LogP contribution in [0.25, 0.3) is 5.69 Å². The fourth-order valence-corrected chi connectivity index (χ4v) is 1.37. The van der Waals surface area contributed by atoms with Crippen molar-refractivity contribution in [2.75, 3.05) is 5.73 Å². The first-order valence-corrected chi connectivity index (χ1v) is 4.49. The lowest BCUT2D eigenvalue weighted by Crippen LogP contribution is -2.04. The van der Waals surface area contributed by atoms with Crippen molar-refractivity contribution in [2.24, 2.45) is 0 Å². The van der Waals surface area contributed by atoms with E-state index in [1.165, 1.54) is 6.20 Å². The van der Waals surface area contributed by atoms with Gasteiger partial charge in [0.2, 0.25) is 0 Å². The first-order valence-electron chi connectivity index (χ1n) is 4.49. The number of anilines is 1. The summed E-state index contributed by atoms with van der Waals surface area (Å²) >= 11 is 0. The van der Waals surface area contributed by atoms with Gasteiger partial charge in [-0.25, -0.2) is 4.68 Å². The summed E-state index contributed by atoms with van der Waals surface area (Å²) < 4.78 is 1.62. The van der Waals surface area contributed by atoms with Crippen LogP contribution in [0.5, 0.6) is 0 Å². The molecule has 0 spiro atoms. The molecule has 84 valence electrons. The minimum atomic E-state index is 0. The van der Waals surface area contributed by atoms with E-state index in [0.717, 1.165) is 12.0 Å². The van der Waals surface area contributed by atoms with Crippen LogP contribution in [0.2, 0.25) is 0 Å². The molecule has 5 nitrogen and oxygen atoms in total. The summed E-state index contributed by atoms with van der Waals surface area (Å²) in [6, 6.07) is 3.66. The predicted octanol–water partition coefficient (Wildman–Crippen LogP) is 1.01. The van der Waals surface area contributed by atoms with Crippen LogP contribution in [-0.4, -0.2) is 21.1 Å². The Morgan fingerprint density at radius 1 is 1.44 bits per heavy atom. The number of nitrogens with zero attached hydrogens (tertiary/aromatic N) is 3. The number of carbonyl (C=O) groups is 1. The minimum Gasteiger partial charge on any atom is -0.396 e. The molecule has 0 aromatic carbocycles. The molecule has 0 saturated heterocycles. The highest BCUT2D eigenvalue weighted by Gasteiger charge is 2.08. The van der Waals surface area contributed by atoms with Crippen LogP contribution >= 0.6 is 12.4 Å². The van der Waals surface area contributed by atoms with Crippen molar-refractivity contribution in [1.29, 1.82) is 0 Å². The summed E-state index contributed by atoms with van der Waals surface area (Å²) in [4.78, 5) is 14.5. The number of nitrogens with two attached hydrogens (primary N) is 1. The van der Waals surface area contributed by atoms with Crippen LogP contribution in [0.4, 0.5) is 5.69 Å². The lowest BCUT2D eigenvalue weighted by atomic mass is 10.3. The van der Waals surface area contributed by atoms with Crippen LogP contribution < -0.4 is 5.73 Å². The van der Waals surface area contributed by atoms with Crippen molar-refractivity contribution in [3.63, 3.8) is 0 Å². The number of rotatable bonds is 3. The van der Waals surface area contributed by atoms with Crippen LogP contribution in [-0.2, 0) is 11.2 Å². The molecule has 2 heterocycles. The standard InChI is InChI=1S/C10H10N4O.ClH/c11-9-7-13-14(10(9)3-5-15)8-2-1-4-12-6-8;/h1-2,4-7H,3,11H2;1H. The molecule has 2 aromatic rings. The van der Waals surface area contributed by atoms with Crippen molar-refractivity contribution in [3.05, 3.63) is 36.4 Å². The highest BCUT2D eigenvalue weighted by molar-refractivity contribution is 5.85. The van der Waals surface area contributed by atoms with E-state index in [1.807, 2.05) is 6.07 Å². The second kappa shape index (κ2) is 5.27. The molecule has 6 heteroatoms. The van der Waals surface area contributed by atoms with Crippen molar-refractivity contribution in [3.8, 4) is 5.69 Å². The number of aromatic nitrogens is 3. The lowest BCUT2D eigenvalue weighted by Gasteiger charge is -2.04. The maximum absolute atomic E-state index is 10.5. The summed E-state index contributed by atoms with van der Waals surface area (Å²) in [7, 11) is 0. The second-order valence-corrected chi connectivity index (χ2v) is 3.04. The summed E-state index contributed by atoms with van der Waals surface area (Å²) in [5, 5.41) is 4.10. The number of halogens is 1. The Labute approximate surface area is 98.7 Å². The molecule has 0 aliphatic heterocycles. The fraction of sp³-hybridized carbons (Fsp3) is 0.100. The molecule has 0 atom stereocenters. The zero-order valence-electron chi connectivity index (χ0n) is 8.41. The fourth-order valence-electron chi connectivity index (χ4n) is 1.37. The average Bonchev–Trinajstić information content (AvgIpc) is 2.63. The van der Waals surface area contributed by atoms with Crippen LogP contribution in [0, 0.1) is 0 Å². The van der Waals surface area contributed by atoms with Gasteiger partial charge in [0.15, 0.2) is 0 Å². The van der Waals surface area contributed by atoms with E-state index >= 15 is 0 Å². The van der Waals surface area contributed by atoms with Crippen molar-refractivity contribution in [2.45, 2.75) is 6.42 Å². The predicted molar refractivity (Wildman–Crippen MR) is 62.8 cm³/mol. The molecule has 0 unspecified atom stereocenters. The summed E-state index contributed by atoms with van der Waals surface area (Å²) in [6.07, 6.45) is 5.93. The molecule has 0 aliphatic rings. The van der Waals surface area contributed by atoms with Gasteiger partial charge in [0, 0.05) is 12.6 Å². The molecule has 0 amide bonds. The van der Waals surface area contributed by atoms with Gasteiger partial charge in [-0.15, -0.1) is 12.4 Å². The molecule has 2 rings (SSSR count). The third-order valence-electron chi connectivity index (χ3n) is 2.07. The van der Waals surface area contributed by atoms with E-state index < -0.39 is 0 Å². The number of aldehydes is 1. The number of nitrogen functional groups attached to an aromatic ring is 1.